The molecular formula is C14H21F2N. The molecule has 0 fully saturated rings. The van der Waals surface area contributed by atoms with Crippen LogP contribution >= 0.6 is 0 Å². The molecule has 0 aromatic heterocycles. The normalized spacial score (nSPS) is 15.1. The molecule has 0 bridgehead atoms. The van der Waals surface area contributed by atoms with Crippen LogP contribution in [0.4, 0.5) is 8.78 Å². The second kappa shape index (κ2) is 5.13. The van der Waals surface area contributed by atoms with Crippen LogP contribution in [0.25, 0.3) is 0 Å². The minimum atomic E-state index is -2.48. The molecule has 0 saturated heterocycles. The molecule has 0 radical (unpaired) electrons. The average Bonchev–Trinajstić information content (AvgIpc) is 2.15. The first-order valence-electron chi connectivity index (χ1n) is 5.88. The summed E-state index contributed by atoms with van der Waals surface area (Å²) in [7, 11) is 0. The molecule has 1 aromatic carbocycles. The lowest BCUT2D eigenvalue weighted by molar-refractivity contribution is 0.0591. The summed E-state index contributed by atoms with van der Waals surface area (Å²) in [6.45, 7) is 7.49. The lowest BCUT2D eigenvalue weighted by Gasteiger charge is -2.24. The van der Waals surface area contributed by atoms with E-state index in [0.29, 0.717) is 12.8 Å². The number of aryl methyl sites for hydroxylation is 3. The third-order valence-corrected chi connectivity index (χ3v) is 3.25. The third kappa shape index (κ3) is 3.50. The SMILES string of the molecule is Cc1cc(C)c(CCC(C)(N)C(F)F)c(C)c1. The standard InChI is InChI=1S/C14H21F2N/c1-9-7-10(2)12(11(3)8-9)5-6-14(4,17)13(15)16/h7-8,13H,5-6,17H2,1-4H3. The third-order valence-electron chi connectivity index (χ3n) is 3.25. The monoisotopic (exact) mass is 241 g/mol. The molecule has 0 aliphatic heterocycles. The Bertz CT molecular complexity index is 374. The number of hydrogen-bond acceptors (Lipinski definition) is 1. The van der Waals surface area contributed by atoms with Gasteiger partial charge in [0.05, 0.1) is 5.54 Å². The predicted octanol–water partition coefficient (Wildman–Crippen LogP) is 3.53. The maximum absolute atomic E-state index is 12.7. The zero-order valence-corrected chi connectivity index (χ0v) is 11.0. The van der Waals surface area contributed by atoms with E-state index in [-0.39, 0.29) is 0 Å². The number of rotatable bonds is 4. The highest BCUT2D eigenvalue weighted by molar-refractivity contribution is 5.37. The molecule has 1 unspecified atom stereocenters. The summed E-state index contributed by atoms with van der Waals surface area (Å²) in [4.78, 5) is 0. The van der Waals surface area contributed by atoms with E-state index in [9.17, 15) is 8.78 Å². The van der Waals surface area contributed by atoms with Crippen LogP contribution in [-0.2, 0) is 6.42 Å². The van der Waals surface area contributed by atoms with Gasteiger partial charge in [0, 0.05) is 0 Å². The molecule has 0 aliphatic carbocycles. The van der Waals surface area contributed by atoms with Crippen LogP contribution in [0.5, 0.6) is 0 Å². The maximum Gasteiger partial charge on any atom is 0.256 e. The van der Waals surface area contributed by atoms with Crippen molar-refractivity contribution in [3.8, 4) is 0 Å². The molecule has 1 rings (SSSR count). The Balaban J connectivity index is 2.83. The number of alkyl halides is 2. The van der Waals surface area contributed by atoms with Crippen LogP contribution in [0.1, 0.15) is 35.6 Å². The van der Waals surface area contributed by atoms with Gasteiger partial charge in [-0.25, -0.2) is 8.78 Å². The summed E-state index contributed by atoms with van der Waals surface area (Å²) in [6, 6.07) is 4.16. The fourth-order valence-corrected chi connectivity index (χ4v) is 2.11. The minimum absolute atomic E-state index is 0.301. The van der Waals surface area contributed by atoms with Gasteiger partial charge < -0.3 is 5.73 Å². The van der Waals surface area contributed by atoms with Crippen LogP contribution in [0.3, 0.4) is 0 Å². The van der Waals surface area contributed by atoms with Gasteiger partial charge >= 0.3 is 0 Å². The summed E-state index contributed by atoms with van der Waals surface area (Å²) < 4.78 is 25.3. The molecule has 0 spiro atoms. The number of hydrogen-bond donors (Lipinski definition) is 1. The highest BCUT2D eigenvalue weighted by atomic mass is 19.3. The Morgan fingerprint density at radius 3 is 2.06 bits per heavy atom. The Labute approximate surface area is 102 Å². The van der Waals surface area contributed by atoms with E-state index in [0.717, 1.165) is 16.7 Å². The van der Waals surface area contributed by atoms with Gasteiger partial charge in [-0.1, -0.05) is 17.7 Å². The van der Waals surface area contributed by atoms with Gasteiger partial charge in [-0.15, -0.1) is 0 Å². The Morgan fingerprint density at radius 1 is 1.18 bits per heavy atom. The quantitative estimate of drug-likeness (QED) is 0.857. The minimum Gasteiger partial charge on any atom is -0.321 e. The number of halogens is 2. The van der Waals surface area contributed by atoms with Gasteiger partial charge in [-0.05, 0) is 57.2 Å². The lowest BCUT2D eigenvalue weighted by atomic mass is 9.90. The molecule has 0 aliphatic rings. The van der Waals surface area contributed by atoms with E-state index >= 15 is 0 Å². The summed E-state index contributed by atoms with van der Waals surface area (Å²) in [5.41, 5.74) is 8.86. The molecule has 1 nitrogen and oxygen atoms in total. The summed E-state index contributed by atoms with van der Waals surface area (Å²) in [6.07, 6.45) is -1.57. The number of benzene rings is 1. The van der Waals surface area contributed by atoms with Crippen molar-refractivity contribution in [3.63, 3.8) is 0 Å². The molecule has 96 valence electrons. The molecule has 0 amide bonds. The van der Waals surface area contributed by atoms with Crippen molar-refractivity contribution in [2.75, 3.05) is 0 Å². The maximum atomic E-state index is 12.7. The molecule has 0 saturated carbocycles. The van der Waals surface area contributed by atoms with Gasteiger partial charge in [-0.2, -0.15) is 0 Å². The van der Waals surface area contributed by atoms with Crippen LogP contribution in [0, 0.1) is 20.8 Å². The highest BCUT2D eigenvalue weighted by Crippen LogP contribution is 2.23. The second-order valence-electron chi connectivity index (χ2n) is 5.18. The average molecular weight is 241 g/mol. The molecule has 17 heavy (non-hydrogen) atoms. The van der Waals surface area contributed by atoms with Gasteiger partial charge in [0.25, 0.3) is 6.43 Å². The fourth-order valence-electron chi connectivity index (χ4n) is 2.11. The predicted molar refractivity (Wildman–Crippen MR) is 67.6 cm³/mol. The van der Waals surface area contributed by atoms with Crippen molar-refractivity contribution in [1.29, 1.82) is 0 Å². The molecule has 0 heterocycles. The first kappa shape index (κ1) is 14.1. The van der Waals surface area contributed by atoms with Gasteiger partial charge in [0.1, 0.15) is 0 Å². The molecule has 2 N–H and O–H groups in total. The van der Waals surface area contributed by atoms with Crippen LogP contribution in [0.2, 0.25) is 0 Å². The summed E-state index contributed by atoms with van der Waals surface area (Å²) >= 11 is 0. The number of nitrogens with two attached hydrogens (primary N) is 1. The Kier molecular flexibility index (Phi) is 4.26. The van der Waals surface area contributed by atoms with Crippen molar-refractivity contribution in [2.45, 2.75) is 52.5 Å². The van der Waals surface area contributed by atoms with E-state index in [1.165, 1.54) is 12.5 Å². The Morgan fingerprint density at radius 2 is 1.65 bits per heavy atom. The highest BCUT2D eigenvalue weighted by Gasteiger charge is 2.29. The van der Waals surface area contributed by atoms with Gasteiger partial charge in [0.15, 0.2) is 0 Å². The van der Waals surface area contributed by atoms with Crippen molar-refractivity contribution in [2.24, 2.45) is 5.73 Å². The first-order valence-corrected chi connectivity index (χ1v) is 5.88. The van der Waals surface area contributed by atoms with E-state index < -0.39 is 12.0 Å². The first-order chi connectivity index (χ1) is 7.74. The van der Waals surface area contributed by atoms with Crippen molar-refractivity contribution < 1.29 is 8.78 Å². The van der Waals surface area contributed by atoms with Crippen LogP contribution < -0.4 is 5.73 Å². The summed E-state index contributed by atoms with van der Waals surface area (Å²) in [5, 5.41) is 0. The van der Waals surface area contributed by atoms with Crippen molar-refractivity contribution in [1.82, 2.24) is 0 Å². The van der Waals surface area contributed by atoms with Gasteiger partial charge in [-0.3, -0.25) is 0 Å². The van der Waals surface area contributed by atoms with E-state index in [1.54, 1.807) is 0 Å². The zero-order chi connectivity index (χ0) is 13.2. The fraction of sp³-hybridized carbons (Fsp3) is 0.571. The largest absolute Gasteiger partial charge is 0.321 e. The van der Waals surface area contributed by atoms with E-state index in [4.69, 9.17) is 5.73 Å². The second-order valence-corrected chi connectivity index (χ2v) is 5.18. The topological polar surface area (TPSA) is 26.0 Å². The molecule has 1 aromatic rings. The summed E-state index contributed by atoms with van der Waals surface area (Å²) in [5.74, 6) is 0. The Hall–Kier alpha value is -0.960. The lowest BCUT2D eigenvalue weighted by Crippen LogP contribution is -2.44. The van der Waals surface area contributed by atoms with Crippen LogP contribution in [-0.4, -0.2) is 12.0 Å². The molecule has 1 atom stereocenters. The van der Waals surface area contributed by atoms with Crippen molar-refractivity contribution >= 4 is 0 Å². The van der Waals surface area contributed by atoms with Gasteiger partial charge in [0.2, 0.25) is 0 Å². The van der Waals surface area contributed by atoms with E-state index in [1.807, 2.05) is 20.8 Å². The van der Waals surface area contributed by atoms with Crippen LogP contribution in [0.15, 0.2) is 12.1 Å². The zero-order valence-electron chi connectivity index (χ0n) is 11.0. The smallest absolute Gasteiger partial charge is 0.256 e. The molecule has 3 heteroatoms. The van der Waals surface area contributed by atoms with Crippen molar-refractivity contribution in [3.05, 3.63) is 34.4 Å². The molecular weight excluding hydrogens is 220 g/mol. The van der Waals surface area contributed by atoms with E-state index in [2.05, 4.69) is 12.1 Å².